The topological polar surface area (TPSA) is 93.9 Å². The predicted molar refractivity (Wildman–Crippen MR) is 90.6 cm³/mol. The van der Waals surface area contributed by atoms with Crippen molar-refractivity contribution in [3.8, 4) is 23.0 Å². The number of fused-ring (bicyclic) bond motifs is 2. The zero-order valence-electron chi connectivity index (χ0n) is 13.8. The minimum absolute atomic E-state index is 0.00598. The lowest BCUT2D eigenvalue weighted by Gasteiger charge is -2.22. The van der Waals surface area contributed by atoms with Crippen molar-refractivity contribution < 1.29 is 19.2 Å². The second kappa shape index (κ2) is 6.78. The van der Waals surface area contributed by atoms with Gasteiger partial charge < -0.3 is 19.7 Å². The van der Waals surface area contributed by atoms with Crippen molar-refractivity contribution in [1.29, 1.82) is 0 Å². The molecule has 1 aliphatic heterocycles. The summed E-state index contributed by atoms with van der Waals surface area (Å²) in [7, 11) is 3.81. The highest BCUT2D eigenvalue weighted by atomic mass is 16.6. The molecule has 1 amide bonds. The Balaban J connectivity index is 1.91. The lowest BCUT2D eigenvalue weighted by atomic mass is 10.1. The molecule has 0 bridgehead atoms. The van der Waals surface area contributed by atoms with E-state index >= 15 is 0 Å². The minimum atomic E-state index is -0.549. The van der Waals surface area contributed by atoms with Crippen molar-refractivity contribution in [3.05, 3.63) is 52.1 Å². The molecule has 25 heavy (non-hydrogen) atoms. The van der Waals surface area contributed by atoms with Gasteiger partial charge in [-0.15, -0.1) is 0 Å². The number of nitrogens with zero attached hydrogens (tertiary/aromatic N) is 2. The van der Waals surface area contributed by atoms with E-state index in [0.29, 0.717) is 18.8 Å². The number of likely N-dealkylation sites (N-methyl/N-ethyl adjacent to an activating group) is 1. The largest absolute Gasteiger partial charge is 0.449 e. The maximum atomic E-state index is 12.4. The van der Waals surface area contributed by atoms with Crippen LogP contribution in [-0.2, 0) is 0 Å². The van der Waals surface area contributed by atoms with Crippen molar-refractivity contribution >= 4 is 11.6 Å². The first-order chi connectivity index (χ1) is 12.0. The fourth-order valence-electron chi connectivity index (χ4n) is 2.42. The summed E-state index contributed by atoms with van der Waals surface area (Å²) in [5.41, 5.74) is 0.0472. The lowest BCUT2D eigenvalue weighted by Crippen LogP contribution is -2.31. The van der Waals surface area contributed by atoms with Gasteiger partial charge >= 0.3 is 5.69 Å². The summed E-state index contributed by atoms with van der Waals surface area (Å²) in [5, 5.41) is 14.0. The molecule has 0 aromatic heterocycles. The fourth-order valence-corrected chi connectivity index (χ4v) is 2.42. The number of carbonyl (C=O) groups excluding carboxylic acids is 1. The average Bonchev–Trinajstić information content (AvgIpc) is 2.58. The highest BCUT2D eigenvalue weighted by Crippen LogP contribution is 2.50. The molecule has 2 aromatic rings. The van der Waals surface area contributed by atoms with Gasteiger partial charge in [-0.3, -0.25) is 14.9 Å². The molecule has 0 atom stereocenters. The minimum Gasteiger partial charge on any atom is -0.449 e. The maximum Gasteiger partial charge on any atom is 0.315 e. The number of nitro benzene ring substituents is 1. The van der Waals surface area contributed by atoms with Gasteiger partial charge in [0, 0.05) is 19.2 Å². The number of hydrogen-bond acceptors (Lipinski definition) is 6. The molecule has 1 heterocycles. The fraction of sp³-hybridized carbons (Fsp3) is 0.235. The smallest absolute Gasteiger partial charge is 0.315 e. The van der Waals surface area contributed by atoms with Gasteiger partial charge in [0.1, 0.15) is 0 Å². The van der Waals surface area contributed by atoms with E-state index in [1.54, 1.807) is 24.3 Å². The molecule has 0 fully saturated rings. The molecule has 3 rings (SSSR count). The number of amides is 1. The van der Waals surface area contributed by atoms with Gasteiger partial charge in [0.05, 0.1) is 10.5 Å². The van der Waals surface area contributed by atoms with Gasteiger partial charge in [-0.05, 0) is 32.3 Å². The molecule has 8 heteroatoms. The van der Waals surface area contributed by atoms with E-state index in [1.807, 2.05) is 19.0 Å². The lowest BCUT2D eigenvalue weighted by molar-refractivity contribution is -0.385. The number of benzene rings is 2. The number of carbonyl (C=O) groups is 1. The number of nitrogens with one attached hydrogen (secondary N) is 1. The summed E-state index contributed by atoms with van der Waals surface area (Å²) in [6.07, 6.45) is 0. The number of rotatable bonds is 5. The highest BCUT2D eigenvalue weighted by molar-refractivity contribution is 5.98. The maximum absolute atomic E-state index is 12.4. The van der Waals surface area contributed by atoms with Gasteiger partial charge in [-0.2, -0.15) is 0 Å². The molecule has 0 unspecified atom stereocenters. The van der Waals surface area contributed by atoms with Crippen LogP contribution in [0.25, 0.3) is 0 Å². The van der Waals surface area contributed by atoms with Crippen LogP contribution in [0.2, 0.25) is 0 Å². The van der Waals surface area contributed by atoms with Crippen LogP contribution < -0.4 is 14.8 Å². The summed E-state index contributed by atoms with van der Waals surface area (Å²) in [6, 6.07) is 9.33. The standard InChI is InChI=1S/C17H17N3O5/c1-19(2)10-9-18-17(21)11-5-3-7-13-15(11)25-16-12(20(22)23)6-4-8-14(16)24-13/h3-8H,9-10H2,1-2H3,(H,18,21). The van der Waals surface area contributed by atoms with E-state index in [-0.39, 0.29) is 34.4 Å². The summed E-state index contributed by atoms with van der Waals surface area (Å²) in [4.78, 5) is 25.0. The Bertz CT molecular complexity index is 835. The monoisotopic (exact) mass is 343 g/mol. The number of para-hydroxylation sites is 2. The van der Waals surface area contributed by atoms with Crippen molar-refractivity contribution in [1.82, 2.24) is 10.2 Å². The van der Waals surface area contributed by atoms with E-state index in [0.717, 1.165) is 0 Å². The Hall–Kier alpha value is -3.13. The Morgan fingerprint density at radius 3 is 2.48 bits per heavy atom. The van der Waals surface area contributed by atoms with Gasteiger partial charge in [0.25, 0.3) is 5.91 Å². The van der Waals surface area contributed by atoms with Crippen molar-refractivity contribution in [3.63, 3.8) is 0 Å². The first-order valence-electron chi connectivity index (χ1n) is 7.66. The van der Waals surface area contributed by atoms with Crippen LogP contribution in [0, 0.1) is 10.1 Å². The number of hydrogen-bond donors (Lipinski definition) is 1. The summed E-state index contributed by atoms with van der Waals surface area (Å²) in [5.74, 6) is 0.421. The summed E-state index contributed by atoms with van der Waals surface area (Å²) >= 11 is 0. The zero-order chi connectivity index (χ0) is 18.0. The summed E-state index contributed by atoms with van der Waals surface area (Å²) in [6.45, 7) is 1.15. The molecule has 0 spiro atoms. The normalized spacial score (nSPS) is 11.8. The molecular formula is C17H17N3O5. The Morgan fingerprint density at radius 2 is 1.80 bits per heavy atom. The Kier molecular flexibility index (Phi) is 4.53. The van der Waals surface area contributed by atoms with Crippen LogP contribution in [-0.4, -0.2) is 42.9 Å². The Morgan fingerprint density at radius 1 is 1.12 bits per heavy atom. The first kappa shape index (κ1) is 16.7. The predicted octanol–water partition coefficient (Wildman–Crippen LogP) is 2.78. The van der Waals surface area contributed by atoms with Gasteiger partial charge in [-0.1, -0.05) is 12.1 Å². The number of ether oxygens (including phenoxy) is 2. The first-order valence-corrected chi connectivity index (χ1v) is 7.66. The molecule has 130 valence electrons. The average molecular weight is 343 g/mol. The van der Waals surface area contributed by atoms with E-state index in [1.165, 1.54) is 12.1 Å². The van der Waals surface area contributed by atoms with Gasteiger partial charge in [0.15, 0.2) is 17.2 Å². The third-order valence-electron chi connectivity index (χ3n) is 3.65. The quantitative estimate of drug-likeness (QED) is 0.565. The van der Waals surface area contributed by atoms with Gasteiger partial charge in [-0.25, -0.2) is 0 Å². The molecule has 0 saturated heterocycles. The molecule has 0 radical (unpaired) electrons. The van der Waals surface area contributed by atoms with Crippen LogP contribution in [0.5, 0.6) is 23.0 Å². The molecule has 8 nitrogen and oxygen atoms in total. The van der Waals surface area contributed by atoms with Crippen LogP contribution in [0.15, 0.2) is 36.4 Å². The van der Waals surface area contributed by atoms with Crippen molar-refractivity contribution in [2.45, 2.75) is 0 Å². The molecule has 0 aliphatic carbocycles. The molecule has 1 aliphatic rings. The van der Waals surface area contributed by atoms with Gasteiger partial charge in [0.2, 0.25) is 5.75 Å². The molecule has 0 saturated carbocycles. The van der Waals surface area contributed by atoms with Crippen LogP contribution in [0.4, 0.5) is 5.69 Å². The second-order valence-corrected chi connectivity index (χ2v) is 5.76. The highest BCUT2D eigenvalue weighted by Gasteiger charge is 2.30. The van der Waals surface area contributed by atoms with Crippen molar-refractivity contribution in [2.24, 2.45) is 0 Å². The molecule has 1 N–H and O–H groups in total. The molecular weight excluding hydrogens is 326 g/mol. The van der Waals surface area contributed by atoms with E-state index in [9.17, 15) is 14.9 Å². The summed E-state index contributed by atoms with van der Waals surface area (Å²) < 4.78 is 11.4. The second-order valence-electron chi connectivity index (χ2n) is 5.76. The van der Waals surface area contributed by atoms with E-state index in [2.05, 4.69) is 5.32 Å². The molecule has 2 aromatic carbocycles. The van der Waals surface area contributed by atoms with Crippen molar-refractivity contribution in [2.75, 3.05) is 27.2 Å². The van der Waals surface area contributed by atoms with Crippen LogP contribution in [0.1, 0.15) is 10.4 Å². The zero-order valence-corrected chi connectivity index (χ0v) is 13.8. The van der Waals surface area contributed by atoms with Crippen LogP contribution >= 0.6 is 0 Å². The third kappa shape index (κ3) is 3.38. The number of nitro groups is 1. The third-order valence-corrected chi connectivity index (χ3v) is 3.65. The Labute approximate surface area is 144 Å². The van der Waals surface area contributed by atoms with E-state index in [4.69, 9.17) is 9.47 Å². The SMILES string of the molecule is CN(C)CCNC(=O)c1cccc2c1Oc1c(cccc1[N+](=O)[O-])O2. The van der Waals surface area contributed by atoms with Crippen LogP contribution in [0.3, 0.4) is 0 Å². The van der Waals surface area contributed by atoms with E-state index < -0.39 is 4.92 Å².